The largest absolute Gasteiger partial charge is 0.229 e. The van der Waals surface area contributed by atoms with Crippen molar-refractivity contribution in [2.45, 2.75) is 38.0 Å². The highest BCUT2D eigenvalue weighted by atomic mass is 32.2. The molecular formula is C15H22FNO4S2. The van der Waals surface area contributed by atoms with Crippen molar-refractivity contribution in [1.82, 2.24) is 4.72 Å². The molecule has 1 atom stereocenters. The average molecular weight is 363 g/mol. The molecule has 8 heteroatoms. The second-order valence-electron chi connectivity index (χ2n) is 6.29. The third kappa shape index (κ3) is 4.74. The van der Waals surface area contributed by atoms with Gasteiger partial charge in [-0.05, 0) is 36.5 Å². The van der Waals surface area contributed by atoms with Gasteiger partial charge in [0.05, 0.1) is 16.8 Å². The highest BCUT2D eigenvalue weighted by Gasteiger charge is 2.34. The van der Waals surface area contributed by atoms with Crippen LogP contribution in [0.4, 0.5) is 4.39 Å². The molecule has 0 amide bonds. The highest BCUT2D eigenvalue weighted by molar-refractivity contribution is 7.92. The molecule has 2 rings (SSSR count). The van der Waals surface area contributed by atoms with Gasteiger partial charge in [0.2, 0.25) is 10.0 Å². The van der Waals surface area contributed by atoms with Gasteiger partial charge in [-0.25, -0.2) is 25.9 Å². The smallest absolute Gasteiger partial charge is 0.215 e. The lowest BCUT2D eigenvalue weighted by Crippen LogP contribution is -2.42. The lowest BCUT2D eigenvalue weighted by molar-refractivity contribution is 0.455. The maximum Gasteiger partial charge on any atom is 0.215 e. The number of sulfone groups is 1. The molecule has 0 unspecified atom stereocenters. The molecule has 5 nitrogen and oxygen atoms in total. The Morgan fingerprint density at radius 1 is 1.13 bits per heavy atom. The fourth-order valence-electron chi connectivity index (χ4n) is 2.71. The number of sulfonamides is 1. The Hall–Kier alpha value is -0.990. The van der Waals surface area contributed by atoms with E-state index < -0.39 is 31.2 Å². The molecule has 0 spiro atoms. The zero-order valence-corrected chi connectivity index (χ0v) is 14.8. The van der Waals surface area contributed by atoms with Gasteiger partial charge in [-0.1, -0.05) is 26.0 Å². The first-order valence-electron chi connectivity index (χ1n) is 7.58. The maximum atomic E-state index is 13.1. The molecule has 1 aliphatic rings. The highest BCUT2D eigenvalue weighted by Crippen LogP contribution is 2.26. The van der Waals surface area contributed by atoms with Crippen LogP contribution in [0, 0.1) is 11.7 Å². The van der Waals surface area contributed by atoms with E-state index in [9.17, 15) is 21.2 Å². The van der Waals surface area contributed by atoms with Crippen molar-refractivity contribution < 1.29 is 21.2 Å². The molecule has 0 radical (unpaired) electrons. The predicted molar refractivity (Wildman–Crippen MR) is 87.7 cm³/mol. The van der Waals surface area contributed by atoms with Gasteiger partial charge in [-0.15, -0.1) is 0 Å². The van der Waals surface area contributed by atoms with Gasteiger partial charge in [0, 0.05) is 6.04 Å². The Labute approximate surface area is 137 Å². The summed E-state index contributed by atoms with van der Waals surface area (Å²) in [5.74, 6) is -0.595. The number of hydrogen-bond donors (Lipinski definition) is 1. The average Bonchev–Trinajstić information content (AvgIpc) is 2.45. The number of benzene rings is 1. The molecule has 0 saturated carbocycles. The second kappa shape index (κ2) is 6.86. The van der Waals surface area contributed by atoms with E-state index in [1.54, 1.807) is 12.1 Å². The van der Waals surface area contributed by atoms with Gasteiger partial charge in [0.15, 0.2) is 0 Å². The zero-order valence-electron chi connectivity index (χ0n) is 13.2. The molecule has 1 saturated heterocycles. The summed E-state index contributed by atoms with van der Waals surface area (Å²) in [5.41, 5.74) is 0.688. The number of hydrogen-bond acceptors (Lipinski definition) is 4. The number of rotatable bonds is 5. The van der Waals surface area contributed by atoms with E-state index in [1.165, 1.54) is 12.1 Å². The van der Waals surface area contributed by atoms with Gasteiger partial charge < -0.3 is 0 Å². The van der Waals surface area contributed by atoms with Crippen molar-refractivity contribution in [3.63, 3.8) is 0 Å². The minimum absolute atomic E-state index is 0.0254. The monoisotopic (exact) mass is 363 g/mol. The van der Waals surface area contributed by atoms with Crippen molar-refractivity contribution in [3.05, 3.63) is 35.6 Å². The topological polar surface area (TPSA) is 80.3 Å². The molecule has 1 fully saturated rings. The lowest BCUT2D eigenvalue weighted by atomic mass is 9.97. The van der Waals surface area contributed by atoms with Crippen LogP contribution in [0.25, 0.3) is 0 Å². The first kappa shape index (κ1) is 18.4. The fourth-order valence-corrected chi connectivity index (χ4v) is 6.31. The van der Waals surface area contributed by atoms with Crippen molar-refractivity contribution in [2.75, 3.05) is 11.5 Å². The third-order valence-electron chi connectivity index (χ3n) is 4.13. The number of halogens is 1. The predicted octanol–water partition coefficient (Wildman–Crippen LogP) is 2.02. The minimum atomic E-state index is -3.64. The van der Waals surface area contributed by atoms with Gasteiger partial charge in [-0.3, -0.25) is 0 Å². The van der Waals surface area contributed by atoms with Crippen LogP contribution in [0.5, 0.6) is 0 Å². The van der Waals surface area contributed by atoms with E-state index in [4.69, 9.17) is 0 Å². The van der Waals surface area contributed by atoms with Crippen LogP contribution in [0.2, 0.25) is 0 Å². The van der Waals surface area contributed by atoms with Crippen LogP contribution >= 0.6 is 0 Å². The molecule has 1 heterocycles. The van der Waals surface area contributed by atoms with Crippen molar-refractivity contribution in [1.29, 1.82) is 0 Å². The molecule has 0 bridgehead atoms. The summed E-state index contributed by atoms with van der Waals surface area (Å²) in [6, 6.07) is 5.25. The molecule has 1 N–H and O–H groups in total. The van der Waals surface area contributed by atoms with Crippen LogP contribution in [0.15, 0.2) is 24.3 Å². The minimum Gasteiger partial charge on any atom is -0.229 e. The van der Waals surface area contributed by atoms with E-state index in [2.05, 4.69) is 4.72 Å². The lowest BCUT2D eigenvalue weighted by Gasteiger charge is -2.28. The summed E-state index contributed by atoms with van der Waals surface area (Å²) in [6.07, 6.45) is 0.234. The van der Waals surface area contributed by atoms with E-state index in [0.29, 0.717) is 5.56 Å². The summed E-state index contributed by atoms with van der Waals surface area (Å²) in [7, 11) is -6.76. The van der Waals surface area contributed by atoms with Crippen LogP contribution < -0.4 is 4.72 Å². The standard InChI is InChI=1S/C15H22FNO4S2/c1-11(2)15(12-3-5-13(16)6-4-12)17-23(20,21)14-7-9-22(18,19)10-8-14/h3-6,11,14-15,17H,7-10H2,1-2H3/t15-/m1/s1. The molecule has 1 aromatic rings. The summed E-state index contributed by atoms with van der Waals surface area (Å²) < 4.78 is 63.8. The van der Waals surface area contributed by atoms with Crippen molar-refractivity contribution in [3.8, 4) is 0 Å². The first-order chi connectivity index (χ1) is 10.6. The van der Waals surface area contributed by atoms with Gasteiger partial charge in [0.1, 0.15) is 15.7 Å². The van der Waals surface area contributed by atoms with Crippen LogP contribution in [-0.4, -0.2) is 33.6 Å². The fraction of sp³-hybridized carbons (Fsp3) is 0.600. The van der Waals surface area contributed by atoms with Crippen LogP contribution in [-0.2, 0) is 19.9 Å². The maximum absolute atomic E-state index is 13.1. The Bertz CT molecular complexity index is 728. The van der Waals surface area contributed by atoms with Crippen LogP contribution in [0.1, 0.15) is 38.3 Å². The van der Waals surface area contributed by atoms with Crippen molar-refractivity contribution >= 4 is 19.9 Å². The third-order valence-corrected chi connectivity index (χ3v) is 7.77. The summed E-state index contributed by atoms with van der Waals surface area (Å²) in [4.78, 5) is 0. The van der Waals surface area contributed by atoms with Gasteiger partial charge in [-0.2, -0.15) is 0 Å². The molecule has 1 aliphatic heterocycles. The summed E-state index contributed by atoms with van der Waals surface area (Å²) in [5, 5.41) is -0.701. The van der Waals surface area contributed by atoms with E-state index in [0.717, 1.165) is 0 Å². The zero-order chi connectivity index (χ0) is 17.3. The second-order valence-corrected chi connectivity index (χ2v) is 10.6. The van der Waals surface area contributed by atoms with Gasteiger partial charge >= 0.3 is 0 Å². The van der Waals surface area contributed by atoms with Gasteiger partial charge in [0.25, 0.3) is 0 Å². The number of nitrogens with one attached hydrogen (secondary N) is 1. The summed E-state index contributed by atoms with van der Waals surface area (Å²) >= 11 is 0. The van der Waals surface area contributed by atoms with E-state index in [-0.39, 0.29) is 36.1 Å². The normalized spacial score (nSPS) is 20.5. The van der Waals surface area contributed by atoms with Crippen LogP contribution in [0.3, 0.4) is 0 Å². The van der Waals surface area contributed by atoms with Crippen molar-refractivity contribution in [2.24, 2.45) is 5.92 Å². The molecule has 0 aromatic heterocycles. The molecule has 1 aromatic carbocycles. The Balaban J connectivity index is 2.17. The molecule has 23 heavy (non-hydrogen) atoms. The molecule has 0 aliphatic carbocycles. The Morgan fingerprint density at radius 2 is 1.65 bits per heavy atom. The van der Waals surface area contributed by atoms with E-state index >= 15 is 0 Å². The Kier molecular flexibility index (Phi) is 5.48. The quantitative estimate of drug-likeness (QED) is 0.868. The first-order valence-corrected chi connectivity index (χ1v) is 10.9. The summed E-state index contributed by atoms with van der Waals surface area (Å²) in [6.45, 7) is 3.75. The van der Waals surface area contributed by atoms with E-state index in [1.807, 2.05) is 13.8 Å². The SMILES string of the molecule is CC(C)[C@@H](NS(=O)(=O)C1CCS(=O)(=O)CC1)c1ccc(F)cc1. The molecular weight excluding hydrogens is 341 g/mol. The molecule has 130 valence electrons. The Morgan fingerprint density at radius 3 is 2.13 bits per heavy atom.